The fourth-order valence-electron chi connectivity index (χ4n) is 1.87. The quantitative estimate of drug-likeness (QED) is 0.889. The zero-order valence-corrected chi connectivity index (χ0v) is 11.9. The Hall–Kier alpha value is -2.47. The lowest BCUT2D eigenvalue weighted by Crippen LogP contribution is -2.21. The average molecular weight is 309 g/mol. The van der Waals surface area contributed by atoms with Crippen molar-refractivity contribution in [3.05, 3.63) is 47.2 Å². The van der Waals surface area contributed by atoms with E-state index in [9.17, 15) is 9.59 Å². The van der Waals surface area contributed by atoms with Crippen LogP contribution < -0.4 is 10.1 Å². The minimum absolute atomic E-state index is 0.0446. The number of halogens is 1. The van der Waals surface area contributed by atoms with Gasteiger partial charge in [0.25, 0.3) is 0 Å². The molecule has 2 N–H and O–H groups in total. The van der Waals surface area contributed by atoms with E-state index in [-0.39, 0.29) is 18.1 Å². The van der Waals surface area contributed by atoms with E-state index in [2.05, 4.69) is 5.32 Å². The summed E-state index contributed by atoms with van der Waals surface area (Å²) in [5.74, 6) is -0.999. The van der Waals surface area contributed by atoms with Crippen LogP contribution in [-0.4, -0.2) is 28.7 Å². The SMILES string of the molecule is COc1ccc(Cl)cc1NC(=O)Cn1cccc1C(=O)O. The van der Waals surface area contributed by atoms with Gasteiger partial charge in [-0.3, -0.25) is 4.79 Å². The fraction of sp³-hybridized carbons (Fsp3) is 0.143. The largest absolute Gasteiger partial charge is 0.495 e. The summed E-state index contributed by atoms with van der Waals surface area (Å²) in [5.41, 5.74) is 0.474. The number of ether oxygens (including phenoxy) is 1. The third-order valence-corrected chi connectivity index (χ3v) is 3.03. The Kier molecular flexibility index (Phi) is 4.49. The standard InChI is InChI=1S/C14H13ClN2O4/c1-21-12-5-4-9(15)7-10(12)16-13(18)8-17-6-2-3-11(17)14(19)20/h2-7H,8H2,1H3,(H,16,18)(H,19,20). The molecule has 1 amide bonds. The molecular weight excluding hydrogens is 296 g/mol. The van der Waals surface area contributed by atoms with Gasteiger partial charge in [-0.1, -0.05) is 11.6 Å². The maximum atomic E-state index is 12.0. The van der Waals surface area contributed by atoms with Crippen LogP contribution in [0.2, 0.25) is 5.02 Å². The van der Waals surface area contributed by atoms with E-state index >= 15 is 0 Å². The van der Waals surface area contributed by atoms with Crippen molar-refractivity contribution in [1.82, 2.24) is 4.57 Å². The molecule has 0 saturated carbocycles. The summed E-state index contributed by atoms with van der Waals surface area (Å²) >= 11 is 5.88. The van der Waals surface area contributed by atoms with Crippen molar-refractivity contribution in [1.29, 1.82) is 0 Å². The number of nitrogens with one attached hydrogen (secondary N) is 1. The van der Waals surface area contributed by atoms with E-state index < -0.39 is 5.97 Å². The van der Waals surface area contributed by atoms with E-state index in [0.717, 1.165) is 0 Å². The number of hydrogen-bond donors (Lipinski definition) is 2. The van der Waals surface area contributed by atoms with Crippen LogP contribution in [0.5, 0.6) is 5.75 Å². The van der Waals surface area contributed by atoms with Gasteiger partial charge in [0.15, 0.2) is 0 Å². The molecule has 1 aromatic carbocycles. The van der Waals surface area contributed by atoms with Gasteiger partial charge in [0.05, 0.1) is 12.8 Å². The number of carboxylic acid groups (broad SMARTS) is 1. The Morgan fingerprint density at radius 3 is 2.81 bits per heavy atom. The third-order valence-electron chi connectivity index (χ3n) is 2.80. The predicted octanol–water partition coefficient (Wildman–Crippen LogP) is 2.49. The van der Waals surface area contributed by atoms with Gasteiger partial charge >= 0.3 is 5.97 Å². The Bertz CT molecular complexity index is 681. The summed E-state index contributed by atoms with van der Waals surface area (Å²) in [6.07, 6.45) is 1.53. The zero-order chi connectivity index (χ0) is 15.4. The summed E-state index contributed by atoms with van der Waals surface area (Å²) in [4.78, 5) is 23.0. The van der Waals surface area contributed by atoms with Crippen LogP contribution in [0.15, 0.2) is 36.5 Å². The van der Waals surface area contributed by atoms with Gasteiger partial charge in [0.2, 0.25) is 5.91 Å². The first-order chi connectivity index (χ1) is 10.0. The highest BCUT2D eigenvalue weighted by Crippen LogP contribution is 2.27. The number of amides is 1. The second kappa shape index (κ2) is 6.32. The average Bonchev–Trinajstić information content (AvgIpc) is 2.87. The molecule has 6 nitrogen and oxygen atoms in total. The molecule has 0 bridgehead atoms. The number of aromatic carboxylic acids is 1. The number of aromatic nitrogens is 1. The maximum absolute atomic E-state index is 12.0. The molecule has 0 aliphatic rings. The summed E-state index contributed by atoms with van der Waals surface area (Å²) < 4.78 is 6.47. The van der Waals surface area contributed by atoms with Gasteiger partial charge in [0.1, 0.15) is 18.0 Å². The molecule has 1 heterocycles. The van der Waals surface area contributed by atoms with Crippen LogP contribution in [0.4, 0.5) is 5.69 Å². The number of benzene rings is 1. The predicted molar refractivity (Wildman–Crippen MR) is 78.0 cm³/mol. The summed E-state index contributed by atoms with van der Waals surface area (Å²) in [6.45, 7) is -0.121. The van der Waals surface area contributed by atoms with Gasteiger partial charge in [-0.05, 0) is 30.3 Å². The highest BCUT2D eigenvalue weighted by molar-refractivity contribution is 6.31. The molecule has 2 aromatic rings. The lowest BCUT2D eigenvalue weighted by Gasteiger charge is -2.11. The van der Waals surface area contributed by atoms with Gasteiger partial charge in [0, 0.05) is 11.2 Å². The van der Waals surface area contributed by atoms with Crippen molar-refractivity contribution in [2.45, 2.75) is 6.54 Å². The van der Waals surface area contributed by atoms with Crippen molar-refractivity contribution in [2.75, 3.05) is 12.4 Å². The van der Waals surface area contributed by atoms with Crippen LogP contribution in [0.3, 0.4) is 0 Å². The highest BCUT2D eigenvalue weighted by atomic mass is 35.5. The number of methoxy groups -OCH3 is 1. The van der Waals surface area contributed by atoms with Crippen molar-refractivity contribution in [3.8, 4) is 5.75 Å². The van der Waals surface area contributed by atoms with E-state index in [0.29, 0.717) is 16.5 Å². The van der Waals surface area contributed by atoms with Crippen LogP contribution in [0.25, 0.3) is 0 Å². The number of rotatable bonds is 5. The number of hydrogen-bond acceptors (Lipinski definition) is 3. The topological polar surface area (TPSA) is 80.6 Å². The first-order valence-electron chi connectivity index (χ1n) is 6.03. The Morgan fingerprint density at radius 2 is 2.14 bits per heavy atom. The zero-order valence-electron chi connectivity index (χ0n) is 11.2. The van der Waals surface area contributed by atoms with Crippen LogP contribution in [-0.2, 0) is 11.3 Å². The number of carboxylic acids is 1. The fourth-order valence-corrected chi connectivity index (χ4v) is 2.04. The molecule has 110 valence electrons. The second-order valence-corrected chi connectivity index (χ2v) is 4.66. The van der Waals surface area contributed by atoms with E-state index in [1.807, 2.05) is 0 Å². The van der Waals surface area contributed by atoms with Gasteiger partial charge in [-0.25, -0.2) is 4.79 Å². The first kappa shape index (κ1) is 14.9. The smallest absolute Gasteiger partial charge is 0.352 e. The molecule has 0 aliphatic heterocycles. The Labute approximate surface area is 125 Å². The number of nitrogens with zero attached hydrogens (tertiary/aromatic N) is 1. The van der Waals surface area contributed by atoms with E-state index in [1.165, 1.54) is 23.9 Å². The van der Waals surface area contributed by atoms with Crippen LogP contribution in [0.1, 0.15) is 10.5 Å². The van der Waals surface area contributed by atoms with Gasteiger partial charge in [-0.2, -0.15) is 0 Å². The third kappa shape index (κ3) is 3.55. The molecule has 1 aromatic heterocycles. The summed E-state index contributed by atoms with van der Waals surface area (Å²) in [5, 5.41) is 12.1. The molecule has 7 heteroatoms. The van der Waals surface area contributed by atoms with E-state index in [4.69, 9.17) is 21.4 Å². The molecule has 2 rings (SSSR count). The van der Waals surface area contributed by atoms with E-state index in [1.54, 1.807) is 24.3 Å². The number of carbonyl (C=O) groups is 2. The molecule has 0 spiro atoms. The van der Waals surface area contributed by atoms with Crippen molar-refractivity contribution in [2.24, 2.45) is 0 Å². The Balaban J connectivity index is 2.13. The number of carbonyl (C=O) groups excluding carboxylic acids is 1. The molecule has 0 fully saturated rings. The summed E-state index contributed by atoms with van der Waals surface area (Å²) in [6, 6.07) is 7.83. The van der Waals surface area contributed by atoms with Crippen LogP contribution in [0, 0.1) is 0 Å². The van der Waals surface area contributed by atoms with Crippen molar-refractivity contribution >= 4 is 29.2 Å². The molecule has 0 unspecified atom stereocenters. The lowest BCUT2D eigenvalue weighted by molar-refractivity contribution is -0.116. The normalized spacial score (nSPS) is 10.2. The molecule has 0 radical (unpaired) electrons. The minimum atomic E-state index is -1.09. The second-order valence-electron chi connectivity index (χ2n) is 4.22. The van der Waals surface area contributed by atoms with Gasteiger partial charge in [-0.15, -0.1) is 0 Å². The number of anilines is 1. The first-order valence-corrected chi connectivity index (χ1v) is 6.41. The molecule has 21 heavy (non-hydrogen) atoms. The molecule has 0 atom stereocenters. The van der Waals surface area contributed by atoms with Crippen LogP contribution >= 0.6 is 11.6 Å². The maximum Gasteiger partial charge on any atom is 0.352 e. The van der Waals surface area contributed by atoms with Crippen molar-refractivity contribution in [3.63, 3.8) is 0 Å². The molecule has 0 aliphatic carbocycles. The molecule has 0 saturated heterocycles. The molecular formula is C14H13ClN2O4. The summed E-state index contributed by atoms with van der Waals surface area (Å²) in [7, 11) is 1.48. The highest BCUT2D eigenvalue weighted by Gasteiger charge is 2.13. The monoisotopic (exact) mass is 308 g/mol. The van der Waals surface area contributed by atoms with Crippen molar-refractivity contribution < 1.29 is 19.4 Å². The Morgan fingerprint density at radius 1 is 1.38 bits per heavy atom. The minimum Gasteiger partial charge on any atom is -0.495 e. The lowest BCUT2D eigenvalue weighted by atomic mass is 10.3. The van der Waals surface area contributed by atoms with Gasteiger partial charge < -0.3 is 19.7 Å².